The molecule has 4 amide bonds. The molecule has 9 nitrogen and oxygen atoms in total. The highest BCUT2D eigenvalue weighted by atomic mass is 32.1. The van der Waals surface area contributed by atoms with Crippen LogP contribution in [0.15, 0.2) is 34.6 Å². The summed E-state index contributed by atoms with van der Waals surface area (Å²) in [5.74, 6) is -2.75. The zero-order valence-electron chi connectivity index (χ0n) is 15.6. The average Bonchev–Trinajstić information content (AvgIpc) is 3.11. The van der Waals surface area contributed by atoms with E-state index >= 15 is 0 Å². The van der Waals surface area contributed by atoms with Crippen LogP contribution in [0, 0.1) is 5.92 Å². The summed E-state index contributed by atoms with van der Waals surface area (Å²) in [6.07, 6.45) is 1.10. The van der Waals surface area contributed by atoms with Crippen molar-refractivity contribution in [3.63, 3.8) is 0 Å². The number of benzene rings is 1. The zero-order chi connectivity index (χ0) is 21.0. The van der Waals surface area contributed by atoms with Crippen LogP contribution in [0.3, 0.4) is 0 Å². The minimum Gasteiger partial charge on any atom is -0.497 e. The molecular formula is C19H17N3O6S. The molecule has 0 saturated carbocycles. The minimum absolute atomic E-state index is 0.176. The van der Waals surface area contributed by atoms with Gasteiger partial charge in [-0.3, -0.25) is 20.2 Å². The number of nitrogens with zero attached hydrogens (tertiary/aromatic N) is 1. The molecule has 0 bridgehead atoms. The molecular weight excluding hydrogens is 398 g/mol. The largest absolute Gasteiger partial charge is 0.497 e. The fourth-order valence-corrected chi connectivity index (χ4v) is 3.55. The molecule has 1 fully saturated rings. The average molecular weight is 415 g/mol. The van der Waals surface area contributed by atoms with Gasteiger partial charge in [-0.2, -0.15) is 0 Å². The number of methoxy groups -OCH3 is 1. The number of nitrogens with one attached hydrogen (secondary N) is 2. The van der Waals surface area contributed by atoms with Crippen molar-refractivity contribution < 1.29 is 28.7 Å². The number of urea groups is 1. The van der Waals surface area contributed by atoms with E-state index in [4.69, 9.17) is 9.47 Å². The topological polar surface area (TPSA) is 123 Å². The number of carbonyl (C=O) groups excluding carboxylic acids is 4. The van der Waals surface area contributed by atoms with Gasteiger partial charge >= 0.3 is 12.0 Å². The molecule has 2 aromatic rings. The fourth-order valence-electron chi connectivity index (χ4n) is 2.63. The van der Waals surface area contributed by atoms with E-state index in [1.165, 1.54) is 11.3 Å². The fraction of sp³-hybridized carbons (Fsp3) is 0.211. The van der Waals surface area contributed by atoms with E-state index in [9.17, 15) is 19.2 Å². The second kappa shape index (κ2) is 8.65. The maximum atomic E-state index is 12.5. The van der Waals surface area contributed by atoms with E-state index in [1.807, 2.05) is 10.6 Å². The molecule has 0 aliphatic carbocycles. The molecule has 29 heavy (non-hydrogen) atoms. The molecule has 0 spiro atoms. The number of ether oxygens (including phenoxy) is 2. The van der Waals surface area contributed by atoms with Gasteiger partial charge in [0.2, 0.25) is 11.8 Å². The summed E-state index contributed by atoms with van der Waals surface area (Å²) in [7, 11) is 1.56. The molecule has 1 aromatic carbocycles. The Morgan fingerprint density at radius 3 is 2.41 bits per heavy atom. The van der Waals surface area contributed by atoms with E-state index in [0.29, 0.717) is 11.3 Å². The Balaban J connectivity index is 1.97. The number of barbiturate groups is 1. The van der Waals surface area contributed by atoms with E-state index in [2.05, 4.69) is 4.99 Å². The van der Waals surface area contributed by atoms with Gasteiger partial charge in [0.1, 0.15) is 16.3 Å². The van der Waals surface area contributed by atoms with Crippen molar-refractivity contribution in [2.24, 2.45) is 10.9 Å². The van der Waals surface area contributed by atoms with Crippen molar-refractivity contribution in [3.05, 3.63) is 35.2 Å². The summed E-state index contributed by atoms with van der Waals surface area (Å²) in [5, 5.41) is 6.01. The van der Waals surface area contributed by atoms with Gasteiger partial charge in [0.05, 0.1) is 13.7 Å². The Morgan fingerprint density at radius 1 is 1.17 bits per heavy atom. The summed E-state index contributed by atoms with van der Waals surface area (Å²) in [6.45, 7) is 1.86. The smallest absolute Gasteiger partial charge is 0.341 e. The molecule has 0 unspecified atom stereocenters. The van der Waals surface area contributed by atoms with Crippen LogP contribution in [0.25, 0.3) is 11.1 Å². The lowest BCUT2D eigenvalue weighted by atomic mass is 10.0. The lowest BCUT2D eigenvalue weighted by Crippen LogP contribution is -2.56. The number of thiophene rings is 1. The number of amides is 4. The van der Waals surface area contributed by atoms with Gasteiger partial charge in [0, 0.05) is 17.2 Å². The number of carbonyl (C=O) groups is 4. The predicted octanol–water partition coefficient (Wildman–Crippen LogP) is 2.28. The molecule has 0 atom stereocenters. The van der Waals surface area contributed by atoms with E-state index in [0.717, 1.165) is 11.8 Å². The van der Waals surface area contributed by atoms with Gasteiger partial charge in [-0.25, -0.2) is 14.6 Å². The molecule has 10 heteroatoms. The maximum absolute atomic E-state index is 12.5. The van der Waals surface area contributed by atoms with Gasteiger partial charge < -0.3 is 9.47 Å². The van der Waals surface area contributed by atoms with Crippen LogP contribution in [-0.2, 0) is 14.3 Å². The number of hydrogen-bond acceptors (Lipinski definition) is 8. The van der Waals surface area contributed by atoms with Crippen LogP contribution in [0.4, 0.5) is 9.80 Å². The molecule has 1 aromatic heterocycles. The second-order valence-corrected chi connectivity index (χ2v) is 6.70. The quantitative estimate of drug-likeness (QED) is 0.424. The first-order valence-electron chi connectivity index (χ1n) is 8.57. The Morgan fingerprint density at radius 2 is 1.83 bits per heavy atom. The van der Waals surface area contributed by atoms with E-state index in [-0.39, 0.29) is 17.2 Å². The van der Waals surface area contributed by atoms with Crippen LogP contribution in [-0.4, -0.2) is 43.7 Å². The van der Waals surface area contributed by atoms with E-state index in [1.54, 1.807) is 43.7 Å². The maximum Gasteiger partial charge on any atom is 0.341 e. The highest BCUT2D eigenvalue weighted by Gasteiger charge is 2.33. The third kappa shape index (κ3) is 4.32. The SMILES string of the molecule is CCOC(=O)c1c(-c2ccc(OC)cc2)csc1N=CC1C(=O)NC(=O)NC1=O. The van der Waals surface area contributed by atoms with Crippen LogP contribution < -0.4 is 15.4 Å². The number of imide groups is 2. The number of esters is 1. The van der Waals surface area contributed by atoms with Gasteiger partial charge in [-0.05, 0) is 24.6 Å². The highest BCUT2D eigenvalue weighted by molar-refractivity contribution is 7.14. The second-order valence-electron chi connectivity index (χ2n) is 5.84. The molecule has 2 heterocycles. The summed E-state index contributed by atoms with van der Waals surface area (Å²) in [6, 6.07) is 6.24. The van der Waals surface area contributed by atoms with Gasteiger partial charge in [-0.15, -0.1) is 11.3 Å². The highest BCUT2D eigenvalue weighted by Crippen LogP contribution is 2.38. The molecule has 2 N–H and O–H groups in total. The van der Waals surface area contributed by atoms with Crippen molar-refractivity contribution in [1.82, 2.24) is 10.6 Å². The third-order valence-corrected chi connectivity index (χ3v) is 4.92. The minimum atomic E-state index is -1.28. The van der Waals surface area contributed by atoms with E-state index < -0.39 is 29.7 Å². The lowest BCUT2D eigenvalue weighted by Gasteiger charge is -2.16. The van der Waals surface area contributed by atoms with Crippen molar-refractivity contribution >= 4 is 46.4 Å². The Kier molecular flexibility index (Phi) is 6.03. The van der Waals surface area contributed by atoms with Crippen LogP contribution in [0.2, 0.25) is 0 Å². The lowest BCUT2D eigenvalue weighted by molar-refractivity contribution is -0.132. The first kappa shape index (κ1) is 20.2. The molecule has 1 saturated heterocycles. The molecule has 0 radical (unpaired) electrons. The van der Waals surface area contributed by atoms with Crippen LogP contribution in [0.1, 0.15) is 17.3 Å². The predicted molar refractivity (Wildman–Crippen MR) is 106 cm³/mol. The van der Waals surface area contributed by atoms with Gasteiger partial charge in [0.15, 0.2) is 5.92 Å². The normalized spacial score (nSPS) is 14.6. The van der Waals surface area contributed by atoms with Gasteiger partial charge in [-0.1, -0.05) is 12.1 Å². The van der Waals surface area contributed by atoms with Crippen molar-refractivity contribution in [3.8, 4) is 16.9 Å². The molecule has 3 rings (SSSR count). The van der Waals surface area contributed by atoms with Crippen molar-refractivity contribution in [1.29, 1.82) is 0 Å². The van der Waals surface area contributed by atoms with Crippen molar-refractivity contribution in [2.45, 2.75) is 6.92 Å². The number of aliphatic imine (C=N–C) groups is 1. The van der Waals surface area contributed by atoms with Crippen molar-refractivity contribution in [2.75, 3.05) is 13.7 Å². The third-order valence-electron chi connectivity index (χ3n) is 4.03. The number of hydrogen-bond donors (Lipinski definition) is 2. The summed E-state index contributed by atoms with van der Waals surface area (Å²) >= 11 is 1.17. The zero-order valence-corrected chi connectivity index (χ0v) is 16.4. The summed E-state index contributed by atoms with van der Waals surface area (Å²) in [4.78, 5) is 51.6. The summed E-state index contributed by atoms with van der Waals surface area (Å²) in [5.41, 5.74) is 1.59. The first-order chi connectivity index (χ1) is 13.9. The Hall–Kier alpha value is -3.53. The first-order valence-corrected chi connectivity index (χ1v) is 9.45. The van der Waals surface area contributed by atoms with Crippen LogP contribution >= 0.6 is 11.3 Å². The molecule has 1 aliphatic heterocycles. The molecule has 1 aliphatic rings. The Labute approximate surface area is 169 Å². The summed E-state index contributed by atoms with van der Waals surface area (Å²) < 4.78 is 10.3. The number of rotatable bonds is 6. The monoisotopic (exact) mass is 415 g/mol. The van der Waals surface area contributed by atoms with Gasteiger partial charge in [0.25, 0.3) is 0 Å². The standard InChI is InChI=1S/C19H17N3O6S/c1-3-28-18(25)14-13(10-4-6-11(27-2)7-5-10)9-29-17(14)20-8-12-15(23)21-19(26)22-16(12)24/h4-9,12H,3H2,1-2H3,(H2,21,22,23,24,26). The molecule has 150 valence electrons. The Bertz CT molecular complexity index is 976. The van der Waals surface area contributed by atoms with Crippen LogP contribution in [0.5, 0.6) is 5.75 Å².